The Bertz CT molecular complexity index is 527. The van der Waals surface area contributed by atoms with Gasteiger partial charge >= 0.3 is 5.69 Å². The van der Waals surface area contributed by atoms with Gasteiger partial charge in [-0.05, 0) is 25.0 Å². The van der Waals surface area contributed by atoms with Gasteiger partial charge in [0.1, 0.15) is 0 Å². The highest BCUT2D eigenvalue weighted by molar-refractivity contribution is 5.95. The van der Waals surface area contributed by atoms with E-state index in [0.29, 0.717) is 6.54 Å². The largest absolute Gasteiger partial charge is 0.490 e. The minimum atomic E-state index is -0.582. The smallest absolute Gasteiger partial charge is 0.311 e. The lowest BCUT2D eigenvalue weighted by molar-refractivity contribution is -0.385. The van der Waals surface area contributed by atoms with Crippen molar-refractivity contribution in [3.63, 3.8) is 0 Å². The lowest BCUT2D eigenvalue weighted by atomic mass is 9.94. The van der Waals surface area contributed by atoms with Gasteiger partial charge in [0, 0.05) is 23.7 Å². The molecule has 1 aromatic carbocycles. The van der Waals surface area contributed by atoms with Crippen LogP contribution in [0, 0.1) is 10.1 Å². The standard InChI is InChI=1S/C14H21N3O4/c1-4-14(15,5-2)9-16-13(18)10-6-7-12(21-3)11(8-10)17(19)20/h6-8H,4-5,9,15H2,1-3H3,(H,16,18). The van der Waals surface area contributed by atoms with E-state index in [2.05, 4.69) is 5.32 Å². The molecule has 0 atom stereocenters. The molecule has 0 fully saturated rings. The first kappa shape index (κ1) is 16.9. The molecule has 0 heterocycles. The monoisotopic (exact) mass is 295 g/mol. The van der Waals surface area contributed by atoms with Gasteiger partial charge in [0.05, 0.1) is 12.0 Å². The molecule has 7 heteroatoms. The van der Waals surface area contributed by atoms with E-state index in [-0.39, 0.29) is 17.0 Å². The number of nitro benzene ring substituents is 1. The Hall–Kier alpha value is -2.15. The molecule has 0 aliphatic carbocycles. The Balaban J connectivity index is 2.89. The summed E-state index contributed by atoms with van der Waals surface area (Å²) in [4.78, 5) is 22.4. The normalized spacial score (nSPS) is 11.0. The SMILES string of the molecule is CCC(N)(CC)CNC(=O)c1ccc(OC)c([N+](=O)[O-])c1. The number of ether oxygens (including phenoxy) is 1. The number of carbonyl (C=O) groups excluding carboxylic acids is 1. The van der Waals surface area contributed by atoms with Crippen molar-refractivity contribution in [2.45, 2.75) is 32.2 Å². The molecule has 3 N–H and O–H groups in total. The van der Waals surface area contributed by atoms with Crippen LogP contribution in [-0.4, -0.2) is 30.0 Å². The molecule has 0 radical (unpaired) electrons. The third-order valence-electron chi connectivity index (χ3n) is 3.65. The first-order valence-corrected chi connectivity index (χ1v) is 6.76. The molecule has 0 spiro atoms. The molecule has 1 aromatic rings. The molecular weight excluding hydrogens is 274 g/mol. The summed E-state index contributed by atoms with van der Waals surface area (Å²) in [5, 5.41) is 13.7. The van der Waals surface area contributed by atoms with Gasteiger partial charge in [0.25, 0.3) is 5.91 Å². The topological polar surface area (TPSA) is 107 Å². The maximum Gasteiger partial charge on any atom is 0.311 e. The van der Waals surface area contributed by atoms with Crippen LogP contribution in [0.3, 0.4) is 0 Å². The number of carbonyl (C=O) groups is 1. The molecule has 0 aliphatic heterocycles. The fraction of sp³-hybridized carbons (Fsp3) is 0.500. The zero-order chi connectivity index (χ0) is 16.0. The second-order valence-corrected chi connectivity index (χ2v) is 4.90. The highest BCUT2D eigenvalue weighted by Crippen LogP contribution is 2.27. The number of rotatable bonds is 7. The van der Waals surface area contributed by atoms with E-state index in [1.165, 1.54) is 25.3 Å². The van der Waals surface area contributed by atoms with Crippen LogP contribution in [0.2, 0.25) is 0 Å². The predicted molar refractivity (Wildman–Crippen MR) is 79.5 cm³/mol. The summed E-state index contributed by atoms with van der Waals surface area (Å²) in [7, 11) is 1.34. The third kappa shape index (κ3) is 4.16. The van der Waals surface area contributed by atoms with E-state index >= 15 is 0 Å². The van der Waals surface area contributed by atoms with Gasteiger partial charge in [-0.25, -0.2) is 0 Å². The summed E-state index contributed by atoms with van der Waals surface area (Å²) in [6.07, 6.45) is 1.46. The summed E-state index contributed by atoms with van der Waals surface area (Å²) in [5.41, 5.74) is 5.60. The van der Waals surface area contributed by atoms with Gasteiger partial charge in [0.2, 0.25) is 0 Å². The molecule has 0 aliphatic rings. The highest BCUT2D eigenvalue weighted by atomic mass is 16.6. The lowest BCUT2D eigenvalue weighted by Gasteiger charge is -2.26. The van der Waals surface area contributed by atoms with E-state index in [9.17, 15) is 14.9 Å². The van der Waals surface area contributed by atoms with Crippen LogP contribution >= 0.6 is 0 Å². The Kier molecular flexibility index (Phi) is 5.66. The first-order chi connectivity index (χ1) is 9.86. The summed E-state index contributed by atoms with van der Waals surface area (Å²) < 4.78 is 4.90. The van der Waals surface area contributed by atoms with Crippen LogP contribution in [0.1, 0.15) is 37.0 Å². The summed E-state index contributed by atoms with van der Waals surface area (Å²) in [6, 6.07) is 4.09. The second-order valence-electron chi connectivity index (χ2n) is 4.90. The van der Waals surface area contributed by atoms with Crippen molar-refractivity contribution in [2.75, 3.05) is 13.7 Å². The Labute approximate surface area is 123 Å². The maximum atomic E-state index is 12.1. The fourth-order valence-electron chi connectivity index (χ4n) is 1.83. The van der Waals surface area contributed by atoms with Crippen LogP contribution in [0.25, 0.3) is 0 Å². The van der Waals surface area contributed by atoms with E-state index in [0.717, 1.165) is 12.8 Å². The lowest BCUT2D eigenvalue weighted by Crippen LogP contribution is -2.49. The average Bonchev–Trinajstić information content (AvgIpc) is 2.51. The summed E-state index contributed by atoms with van der Waals surface area (Å²) in [6.45, 7) is 4.22. The van der Waals surface area contributed by atoms with Gasteiger partial charge in [0.15, 0.2) is 5.75 Å². The Morgan fingerprint density at radius 3 is 2.52 bits per heavy atom. The van der Waals surface area contributed by atoms with Crippen molar-refractivity contribution < 1.29 is 14.5 Å². The number of nitro groups is 1. The van der Waals surface area contributed by atoms with E-state index in [1.807, 2.05) is 13.8 Å². The van der Waals surface area contributed by atoms with E-state index in [1.54, 1.807) is 0 Å². The van der Waals surface area contributed by atoms with Gasteiger partial charge < -0.3 is 15.8 Å². The quantitative estimate of drug-likeness (QED) is 0.589. The Morgan fingerprint density at radius 1 is 1.43 bits per heavy atom. The van der Waals surface area contributed by atoms with Crippen LogP contribution in [0.15, 0.2) is 18.2 Å². The molecule has 7 nitrogen and oxygen atoms in total. The van der Waals surface area contributed by atoms with Crippen molar-refractivity contribution in [1.82, 2.24) is 5.32 Å². The van der Waals surface area contributed by atoms with Gasteiger partial charge in [-0.3, -0.25) is 14.9 Å². The number of benzene rings is 1. The molecule has 0 aromatic heterocycles. The number of nitrogens with one attached hydrogen (secondary N) is 1. The summed E-state index contributed by atoms with van der Waals surface area (Å²) in [5.74, 6) is -0.274. The van der Waals surface area contributed by atoms with Crippen molar-refractivity contribution in [2.24, 2.45) is 5.73 Å². The number of nitrogens with zero attached hydrogens (tertiary/aromatic N) is 1. The maximum absolute atomic E-state index is 12.1. The fourth-order valence-corrected chi connectivity index (χ4v) is 1.83. The van der Waals surface area contributed by atoms with Gasteiger partial charge in [-0.2, -0.15) is 0 Å². The number of hydrogen-bond donors (Lipinski definition) is 2. The van der Waals surface area contributed by atoms with Crippen molar-refractivity contribution in [3.8, 4) is 5.75 Å². The third-order valence-corrected chi connectivity index (χ3v) is 3.65. The van der Waals surface area contributed by atoms with Crippen LogP contribution in [0.4, 0.5) is 5.69 Å². The van der Waals surface area contributed by atoms with E-state index < -0.39 is 16.4 Å². The van der Waals surface area contributed by atoms with Crippen LogP contribution in [0.5, 0.6) is 5.75 Å². The molecule has 0 bridgehead atoms. The zero-order valence-corrected chi connectivity index (χ0v) is 12.5. The van der Waals surface area contributed by atoms with Crippen molar-refractivity contribution in [1.29, 1.82) is 0 Å². The highest BCUT2D eigenvalue weighted by Gasteiger charge is 2.22. The minimum Gasteiger partial charge on any atom is -0.490 e. The predicted octanol–water partition coefficient (Wildman–Crippen LogP) is 1.85. The molecular formula is C14H21N3O4. The van der Waals surface area contributed by atoms with Gasteiger partial charge in [-0.15, -0.1) is 0 Å². The molecule has 0 unspecified atom stereocenters. The number of methoxy groups -OCH3 is 1. The van der Waals surface area contributed by atoms with Crippen LogP contribution < -0.4 is 15.8 Å². The molecule has 21 heavy (non-hydrogen) atoms. The second kappa shape index (κ2) is 7.03. The number of hydrogen-bond acceptors (Lipinski definition) is 5. The van der Waals surface area contributed by atoms with Crippen molar-refractivity contribution >= 4 is 11.6 Å². The first-order valence-electron chi connectivity index (χ1n) is 6.76. The van der Waals surface area contributed by atoms with Crippen LogP contribution in [-0.2, 0) is 0 Å². The Morgan fingerprint density at radius 2 is 2.05 bits per heavy atom. The average molecular weight is 295 g/mol. The molecule has 1 amide bonds. The van der Waals surface area contributed by atoms with Crippen molar-refractivity contribution in [3.05, 3.63) is 33.9 Å². The zero-order valence-electron chi connectivity index (χ0n) is 12.5. The molecule has 116 valence electrons. The number of nitrogens with two attached hydrogens (primary N) is 1. The van der Waals surface area contributed by atoms with Gasteiger partial charge in [-0.1, -0.05) is 13.8 Å². The minimum absolute atomic E-state index is 0.117. The van der Waals surface area contributed by atoms with E-state index in [4.69, 9.17) is 10.5 Å². The molecule has 0 saturated carbocycles. The molecule has 1 rings (SSSR count). The number of amides is 1. The molecule has 0 saturated heterocycles. The summed E-state index contributed by atoms with van der Waals surface area (Å²) >= 11 is 0.